The Morgan fingerprint density at radius 2 is 2.14 bits per heavy atom. The van der Waals surface area contributed by atoms with E-state index in [0.29, 0.717) is 18.9 Å². The Kier molecular flexibility index (Phi) is 5.69. The highest BCUT2D eigenvalue weighted by atomic mass is 19.1. The molecule has 0 unspecified atom stereocenters. The quantitative estimate of drug-likeness (QED) is 0.790. The van der Waals surface area contributed by atoms with Gasteiger partial charge in [-0.05, 0) is 37.6 Å². The van der Waals surface area contributed by atoms with E-state index in [-0.39, 0.29) is 5.82 Å². The van der Waals surface area contributed by atoms with E-state index in [1.54, 1.807) is 18.5 Å². The van der Waals surface area contributed by atoms with Gasteiger partial charge >= 0.3 is 0 Å². The first-order valence-corrected chi connectivity index (χ1v) is 7.22. The second kappa shape index (κ2) is 7.74. The van der Waals surface area contributed by atoms with Crippen LogP contribution in [-0.4, -0.2) is 11.5 Å². The molecule has 4 heteroatoms. The van der Waals surface area contributed by atoms with Gasteiger partial charge in [0.25, 0.3) is 0 Å². The number of aromatic nitrogens is 1. The van der Waals surface area contributed by atoms with Crippen LogP contribution in [-0.2, 0) is 13.2 Å². The van der Waals surface area contributed by atoms with E-state index in [2.05, 4.69) is 17.2 Å². The fraction of sp³-hybridized carbons (Fsp3) is 0.353. The predicted molar refractivity (Wildman–Crippen MR) is 81.7 cm³/mol. The third-order valence-corrected chi connectivity index (χ3v) is 3.11. The maximum absolute atomic E-state index is 14.0. The lowest BCUT2D eigenvalue weighted by Crippen LogP contribution is -2.15. The molecular formula is C17H21FN2O. The molecule has 0 saturated heterocycles. The molecule has 0 atom stereocenters. The van der Waals surface area contributed by atoms with E-state index in [1.165, 1.54) is 6.07 Å². The molecule has 1 N–H and O–H groups in total. The molecule has 1 heterocycles. The minimum Gasteiger partial charge on any atom is -0.485 e. The van der Waals surface area contributed by atoms with Crippen LogP contribution < -0.4 is 10.1 Å². The van der Waals surface area contributed by atoms with Gasteiger partial charge in [-0.25, -0.2) is 4.39 Å². The Bertz CT molecular complexity index is 587. The second-order valence-corrected chi connectivity index (χ2v) is 5.06. The van der Waals surface area contributed by atoms with Gasteiger partial charge in [0.15, 0.2) is 11.6 Å². The van der Waals surface area contributed by atoms with Crippen LogP contribution in [0.1, 0.15) is 30.0 Å². The smallest absolute Gasteiger partial charge is 0.165 e. The van der Waals surface area contributed by atoms with Crippen molar-refractivity contribution in [3.05, 3.63) is 59.2 Å². The lowest BCUT2D eigenvalue weighted by Gasteiger charge is -2.13. The normalized spacial score (nSPS) is 10.6. The van der Waals surface area contributed by atoms with Crippen molar-refractivity contribution in [2.45, 2.75) is 33.4 Å². The van der Waals surface area contributed by atoms with Gasteiger partial charge in [0.2, 0.25) is 0 Å². The van der Waals surface area contributed by atoms with Gasteiger partial charge in [0.05, 0.1) is 0 Å². The zero-order chi connectivity index (χ0) is 15.1. The number of benzene rings is 1. The van der Waals surface area contributed by atoms with Crippen molar-refractivity contribution in [1.29, 1.82) is 0 Å². The number of hydrogen-bond donors (Lipinski definition) is 1. The monoisotopic (exact) mass is 288 g/mol. The summed E-state index contributed by atoms with van der Waals surface area (Å²) in [6.07, 6.45) is 4.57. The number of rotatable bonds is 7. The van der Waals surface area contributed by atoms with Gasteiger partial charge in [0.1, 0.15) is 6.61 Å². The van der Waals surface area contributed by atoms with Crippen LogP contribution in [0.5, 0.6) is 5.75 Å². The maximum atomic E-state index is 14.0. The minimum absolute atomic E-state index is 0.316. The van der Waals surface area contributed by atoms with Gasteiger partial charge in [-0.1, -0.05) is 19.1 Å². The van der Waals surface area contributed by atoms with Crippen molar-refractivity contribution in [2.75, 3.05) is 6.54 Å². The van der Waals surface area contributed by atoms with E-state index in [0.717, 1.165) is 29.7 Å². The Morgan fingerprint density at radius 3 is 2.90 bits per heavy atom. The highest BCUT2D eigenvalue weighted by Gasteiger charge is 2.10. The van der Waals surface area contributed by atoms with E-state index in [4.69, 9.17) is 4.74 Å². The summed E-state index contributed by atoms with van der Waals surface area (Å²) in [5.41, 5.74) is 2.84. The van der Waals surface area contributed by atoms with Crippen molar-refractivity contribution in [1.82, 2.24) is 10.3 Å². The number of nitrogens with zero attached hydrogens (tertiary/aromatic N) is 1. The number of ether oxygens (including phenoxy) is 1. The fourth-order valence-corrected chi connectivity index (χ4v) is 2.11. The summed E-state index contributed by atoms with van der Waals surface area (Å²) in [6, 6.07) is 7.00. The Morgan fingerprint density at radius 1 is 1.29 bits per heavy atom. The Balaban J connectivity index is 2.07. The van der Waals surface area contributed by atoms with Gasteiger partial charge in [-0.3, -0.25) is 4.98 Å². The summed E-state index contributed by atoms with van der Waals surface area (Å²) in [5, 5.41) is 3.27. The van der Waals surface area contributed by atoms with Crippen LogP contribution in [0.15, 0.2) is 36.7 Å². The standard InChI is InChI=1S/C17H21FN2O/c1-3-7-19-11-15-5-4-6-16(18)17(15)21-12-14-8-13(2)9-20-10-14/h4-6,8-10,19H,3,7,11-12H2,1-2H3. The molecule has 0 radical (unpaired) electrons. The molecule has 2 aromatic rings. The van der Waals surface area contributed by atoms with Crippen molar-refractivity contribution in [3.63, 3.8) is 0 Å². The lowest BCUT2D eigenvalue weighted by molar-refractivity contribution is 0.285. The van der Waals surface area contributed by atoms with Crippen LogP contribution in [0.4, 0.5) is 4.39 Å². The molecule has 0 saturated carbocycles. The summed E-state index contributed by atoms with van der Waals surface area (Å²) < 4.78 is 19.7. The fourth-order valence-electron chi connectivity index (χ4n) is 2.11. The number of halogens is 1. The van der Waals surface area contributed by atoms with Crippen LogP contribution in [0, 0.1) is 12.7 Å². The SMILES string of the molecule is CCCNCc1cccc(F)c1OCc1cncc(C)c1. The first kappa shape index (κ1) is 15.4. The molecule has 0 aliphatic carbocycles. The molecule has 112 valence electrons. The van der Waals surface area contributed by atoms with E-state index in [9.17, 15) is 4.39 Å². The molecule has 1 aromatic heterocycles. The van der Waals surface area contributed by atoms with Gasteiger partial charge in [-0.2, -0.15) is 0 Å². The molecule has 0 amide bonds. The molecule has 2 rings (SSSR count). The van der Waals surface area contributed by atoms with Crippen molar-refractivity contribution < 1.29 is 9.13 Å². The van der Waals surface area contributed by atoms with Gasteiger partial charge in [-0.15, -0.1) is 0 Å². The molecule has 0 fully saturated rings. The predicted octanol–water partition coefficient (Wildman–Crippen LogP) is 3.61. The molecule has 1 aromatic carbocycles. The Labute approximate surface area is 125 Å². The number of aryl methyl sites for hydroxylation is 1. The van der Waals surface area contributed by atoms with Crippen molar-refractivity contribution in [2.24, 2.45) is 0 Å². The molecular weight excluding hydrogens is 267 g/mol. The zero-order valence-electron chi connectivity index (χ0n) is 12.5. The van der Waals surface area contributed by atoms with Gasteiger partial charge in [0, 0.05) is 30.1 Å². The molecule has 0 spiro atoms. The van der Waals surface area contributed by atoms with E-state index in [1.807, 2.05) is 19.1 Å². The first-order valence-electron chi connectivity index (χ1n) is 7.22. The molecule has 0 aliphatic rings. The van der Waals surface area contributed by atoms with Crippen LogP contribution in [0.25, 0.3) is 0 Å². The van der Waals surface area contributed by atoms with Crippen LogP contribution in [0.3, 0.4) is 0 Å². The molecule has 3 nitrogen and oxygen atoms in total. The zero-order valence-corrected chi connectivity index (χ0v) is 12.5. The Hall–Kier alpha value is -1.94. The lowest BCUT2D eigenvalue weighted by atomic mass is 10.2. The topological polar surface area (TPSA) is 34.1 Å². The third-order valence-electron chi connectivity index (χ3n) is 3.11. The van der Waals surface area contributed by atoms with Gasteiger partial charge < -0.3 is 10.1 Å². The maximum Gasteiger partial charge on any atom is 0.165 e. The minimum atomic E-state index is -0.327. The summed E-state index contributed by atoms with van der Waals surface area (Å²) in [4.78, 5) is 4.12. The van der Waals surface area contributed by atoms with E-state index >= 15 is 0 Å². The van der Waals surface area contributed by atoms with Crippen molar-refractivity contribution >= 4 is 0 Å². The molecule has 0 bridgehead atoms. The van der Waals surface area contributed by atoms with E-state index < -0.39 is 0 Å². The third kappa shape index (κ3) is 4.53. The largest absolute Gasteiger partial charge is 0.485 e. The average molecular weight is 288 g/mol. The summed E-state index contributed by atoms with van der Waals surface area (Å²) in [7, 11) is 0. The summed E-state index contributed by atoms with van der Waals surface area (Å²) >= 11 is 0. The molecule has 21 heavy (non-hydrogen) atoms. The van der Waals surface area contributed by atoms with Crippen LogP contribution >= 0.6 is 0 Å². The number of para-hydroxylation sites is 1. The first-order chi connectivity index (χ1) is 10.2. The number of hydrogen-bond acceptors (Lipinski definition) is 3. The van der Waals surface area contributed by atoms with Crippen molar-refractivity contribution in [3.8, 4) is 5.75 Å². The van der Waals surface area contributed by atoms with Crippen LogP contribution in [0.2, 0.25) is 0 Å². The second-order valence-electron chi connectivity index (χ2n) is 5.06. The highest BCUT2D eigenvalue weighted by molar-refractivity contribution is 5.35. The molecule has 0 aliphatic heterocycles. The number of pyridine rings is 1. The summed E-state index contributed by atoms with van der Waals surface area (Å²) in [6.45, 7) is 5.89. The summed E-state index contributed by atoms with van der Waals surface area (Å²) in [5.74, 6) is -0.00554. The number of nitrogens with one attached hydrogen (secondary N) is 1. The highest BCUT2D eigenvalue weighted by Crippen LogP contribution is 2.23. The average Bonchev–Trinajstić information content (AvgIpc) is 2.47.